The lowest BCUT2D eigenvalue weighted by molar-refractivity contribution is -0.132. The summed E-state index contributed by atoms with van der Waals surface area (Å²) in [6, 6.07) is 6.35. The van der Waals surface area contributed by atoms with Gasteiger partial charge in [0.05, 0.1) is 0 Å². The first-order chi connectivity index (χ1) is 9.19. The third-order valence-electron chi connectivity index (χ3n) is 3.84. The first kappa shape index (κ1) is 14.0. The Morgan fingerprint density at radius 2 is 1.89 bits per heavy atom. The number of benzene rings is 1. The average molecular weight is 264 g/mol. The van der Waals surface area contributed by atoms with Gasteiger partial charge in [-0.05, 0) is 49.4 Å². The zero-order valence-electron chi connectivity index (χ0n) is 11.1. The molecular formula is C15H21FN2O. The third-order valence-corrected chi connectivity index (χ3v) is 3.84. The number of halogens is 1. The number of likely N-dealkylation sites (tertiary alicyclic amines) is 1. The van der Waals surface area contributed by atoms with Gasteiger partial charge < -0.3 is 10.6 Å². The molecule has 1 fully saturated rings. The molecule has 19 heavy (non-hydrogen) atoms. The number of hydrogen-bond acceptors (Lipinski definition) is 2. The monoisotopic (exact) mass is 264 g/mol. The van der Waals surface area contributed by atoms with Crippen molar-refractivity contribution in [2.24, 2.45) is 11.7 Å². The van der Waals surface area contributed by atoms with E-state index in [1.807, 2.05) is 4.90 Å². The van der Waals surface area contributed by atoms with Crippen molar-refractivity contribution in [3.05, 3.63) is 35.6 Å². The summed E-state index contributed by atoms with van der Waals surface area (Å²) in [6.07, 6.45) is 3.20. The van der Waals surface area contributed by atoms with Crippen molar-refractivity contribution in [1.29, 1.82) is 0 Å². The van der Waals surface area contributed by atoms with E-state index in [0.717, 1.165) is 38.0 Å². The highest BCUT2D eigenvalue weighted by Crippen LogP contribution is 2.17. The van der Waals surface area contributed by atoms with E-state index in [1.165, 1.54) is 12.1 Å². The fraction of sp³-hybridized carbons (Fsp3) is 0.533. The molecule has 0 radical (unpaired) electrons. The average Bonchev–Trinajstić information content (AvgIpc) is 2.46. The van der Waals surface area contributed by atoms with E-state index in [0.29, 0.717) is 18.8 Å². The molecule has 4 heteroatoms. The van der Waals surface area contributed by atoms with Crippen LogP contribution in [0.25, 0.3) is 0 Å². The molecule has 0 spiro atoms. The lowest BCUT2D eigenvalue weighted by Crippen LogP contribution is -2.40. The van der Waals surface area contributed by atoms with Crippen LogP contribution in [0.4, 0.5) is 4.39 Å². The SMILES string of the molecule is NCC1CCN(C(=O)CCc2ccc(F)cc2)CC1. The van der Waals surface area contributed by atoms with E-state index in [-0.39, 0.29) is 11.7 Å². The topological polar surface area (TPSA) is 46.3 Å². The highest BCUT2D eigenvalue weighted by Gasteiger charge is 2.21. The van der Waals surface area contributed by atoms with Crippen LogP contribution in [-0.2, 0) is 11.2 Å². The van der Waals surface area contributed by atoms with Gasteiger partial charge in [-0.3, -0.25) is 4.79 Å². The molecule has 0 aliphatic carbocycles. The molecule has 1 saturated heterocycles. The molecule has 1 aromatic rings. The summed E-state index contributed by atoms with van der Waals surface area (Å²) in [6.45, 7) is 2.37. The smallest absolute Gasteiger partial charge is 0.222 e. The molecular weight excluding hydrogens is 243 g/mol. The molecule has 104 valence electrons. The zero-order valence-corrected chi connectivity index (χ0v) is 11.1. The largest absolute Gasteiger partial charge is 0.343 e. The first-order valence-corrected chi connectivity index (χ1v) is 6.91. The number of amides is 1. The van der Waals surface area contributed by atoms with Crippen molar-refractivity contribution >= 4 is 5.91 Å². The van der Waals surface area contributed by atoms with Gasteiger partial charge in [0.1, 0.15) is 5.82 Å². The van der Waals surface area contributed by atoms with E-state index in [2.05, 4.69) is 0 Å². The predicted octanol–water partition coefficient (Wildman–Crippen LogP) is 1.96. The predicted molar refractivity (Wildman–Crippen MR) is 73.1 cm³/mol. The van der Waals surface area contributed by atoms with Gasteiger partial charge in [0.25, 0.3) is 0 Å². The quantitative estimate of drug-likeness (QED) is 0.903. The fourth-order valence-electron chi connectivity index (χ4n) is 2.48. The van der Waals surface area contributed by atoms with Gasteiger partial charge >= 0.3 is 0 Å². The molecule has 3 nitrogen and oxygen atoms in total. The van der Waals surface area contributed by atoms with E-state index >= 15 is 0 Å². The van der Waals surface area contributed by atoms with Gasteiger partial charge in [0.2, 0.25) is 5.91 Å². The summed E-state index contributed by atoms with van der Waals surface area (Å²) in [5.74, 6) is 0.528. The van der Waals surface area contributed by atoms with E-state index in [1.54, 1.807) is 12.1 Å². The van der Waals surface area contributed by atoms with Gasteiger partial charge in [-0.15, -0.1) is 0 Å². The number of hydrogen-bond donors (Lipinski definition) is 1. The highest BCUT2D eigenvalue weighted by molar-refractivity contribution is 5.76. The summed E-state index contributed by atoms with van der Waals surface area (Å²) in [5.41, 5.74) is 6.64. The highest BCUT2D eigenvalue weighted by atomic mass is 19.1. The molecule has 2 N–H and O–H groups in total. The van der Waals surface area contributed by atoms with Crippen LogP contribution >= 0.6 is 0 Å². The minimum Gasteiger partial charge on any atom is -0.343 e. The van der Waals surface area contributed by atoms with Crippen LogP contribution in [0.1, 0.15) is 24.8 Å². The van der Waals surface area contributed by atoms with Crippen molar-refractivity contribution < 1.29 is 9.18 Å². The number of carbonyl (C=O) groups is 1. The number of nitrogens with zero attached hydrogens (tertiary/aromatic N) is 1. The molecule has 0 bridgehead atoms. The van der Waals surface area contributed by atoms with Gasteiger partial charge in [-0.2, -0.15) is 0 Å². The van der Waals surface area contributed by atoms with Crippen LogP contribution < -0.4 is 5.73 Å². The maximum absolute atomic E-state index is 12.8. The standard InChI is InChI=1S/C15H21FN2O/c16-14-4-1-12(2-5-14)3-6-15(19)18-9-7-13(11-17)8-10-18/h1-2,4-5,13H,3,6-11,17H2. The number of nitrogens with two attached hydrogens (primary N) is 1. The summed E-state index contributed by atoms with van der Waals surface area (Å²) in [5, 5.41) is 0. The fourth-order valence-corrected chi connectivity index (χ4v) is 2.48. The summed E-state index contributed by atoms with van der Waals surface area (Å²) in [4.78, 5) is 14.0. The van der Waals surface area contributed by atoms with Crippen LogP contribution in [0, 0.1) is 11.7 Å². The summed E-state index contributed by atoms with van der Waals surface area (Å²) in [7, 11) is 0. The second-order valence-electron chi connectivity index (χ2n) is 5.19. The molecule has 1 aliphatic heterocycles. The van der Waals surface area contributed by atoms with Crippen molar-refractivity contribution in [3.63, 3.8) is 0 Å². The lowest BCUT2D eigenvalue weighted by atomic mass is 9.96. The Morgan fingerprint density at radius 3 is 2.47 bits per heavy atom. The Kier molecular flexibility index (Phi) is 4.91. The Hall–Kier alpha value is -1.42. The zero-order chi connectivity index (χ0) is 13.7. The van der Waals surface area contributed by atoms with E-state index in [4.69, 9.17) is 5.73 Å². The Balaban J connectivity index is 1.77. The van der Waals surface area contributed by atoms with E-state index in [9.17, 15) is 9.18 Å². The summed E-state index contributed by atoms with van der Waals surface area (Å²) >= 11 is 0. The number of piperidine rings is 1. The molecule has 0 unspecified atom stereocenters. The van der Waals surface area contributed by atoms with Gasteiger partial charge in [-0.1, -0.05) is 12.1 Å². The maximum atomic E-state index is 12.8. The first-order valence-electron chi connectivity index (χ1n) is 6.91. The Bertz CT molecular complexity index is 411. The van der Waals surface area contributed by atoms with Gasteiger partial charge in [0, 0.05) is 19.5 Å². The van der Waals surface area contributed by atoms with E-state index < -0.39 is 0 Å². The maximum Gasteiger partial charge on any atom is 0.222 e. The van der Waals surface area contributed by atoms with Crippen molar-refractivity contribution in [2.45, 2.75) is 25.7 Å². The molecule has 0 atom stereocenters. The normalized spacial score (nSPS) is 16.6. The van der Waals surface area contributed by atoms with Crippen LogP contribution in [0.5, 0.6) is 0 Å². The minimum absolute atomic E-state index is 0.194. The molecule has 1 amide bonds. The summed E-state index contributed by atoms with van der Waals surface area (Å²) < 4.78 is 12.8. The number of rotatable bonds is 4. The molecule has 1 aromatic carbocycles. The Morgan fingerprint density at radius 1 is 1.26 bits per heavy atom. The second-order valence-corrected chi connectivity index (χ2v) is 5.19. The second kappa shape index (κ2) is 6.66. The molecule has 1 heterocycles. The van der Waals surface area contributed by atoms with Crippen LogP contribution in [0.3, 0.4) is 0 Å². The Labute approximate surface area is 113 Å². The third kappa shape index (κ3) is 4.03. The minimum atomic E-state index is -0.237. The molecule has 0 aromatic heterocycles. The lowest BCUT2D eigenvalue weighted by Gasteiger charge is -2.31. The van der Waals surface area contributed by atoms with Gasteiger partial charge in [0.15, 0.2) is 0 Å². The molecule has 2 rings (SSSR count). The van der Waals surface area contributed by atoms with Gasteiger partial charge in [-0.25, -0.2) is 4.39 Å². The van der Waals surface area contributed by atoms with Crippen molar-refractivity contribution in [1.82, 2.24) is 4.90 Å². The van der Waals surface area contributed by atoms with Crippen molar-refractivity contribution in [2.75, 3.05) is 19.6 Å². The van der Waals surface area contributed by atoms with Crippen molar-refractivity contribution in [3.8, 4) is 0 Å². The van der Waals surface area contributed by atoms with Crippen LogP contribution in [0.2, 0.25) is 0 Å². The molecule has 0 saturated carbocycles. The van der Waals surface area contributed by atoms with Crippen LogP contribution in [0.15, 0.2) is 24.3 Å². The molecule has 1 aliphatic rings. The van der Waals surface area contributed by atoms with Crippen LogP contribution in [-0.4, -0.2) is 30.4 Å². The number of aryl methyl sites for hydroxylation is 1. The number of carbonyl (C=O) groups excluding carboxylic acids is 1.